The molecule has 0 saturated heterocycles. The van der Waals surface area contributed by atoms with Crippen LogP contribution in [0.4, 0.5) is 0 Å². The zero-order chi connectivity index (χ0) is 13.8. The minimum Gasteiger partial charge on any atom is -0.143 e. The lowest BCUT2D eigenvalue weighted by atomic mass is 10.0. The Labute approximate surface area is 126 Å². The molecule has 20 heavy (non-hydrogen) atoms. The van der Waals surface area contributed by atoms with Crippen LogP contribution in [0.15, 0.2) is 65.0 Å². The van der Waals surface area contributed by atoms with E-state index >= 15 is 0 Å². The summed E-state index contributed by atoms with van der Waals surface area (Å²) in [6, 6.07) is 21.1. The van der Waals surface area contributed by atoms with E-state index in [4.69, 9.17) is 0 Å². The summed E-state index contributed by atoms with van der Waals surface area (Å²) in [6.07, 6.45) is 0. The lowest BCUT2D eigenvalue weighted by Crippen LogP contribution is -1.96. The summed E-state index contributed by atoms with van der Waals surface area (Å²) in [4.78, 5) is 0. The summed E-state index contributed by atoms with van der Waals surface area (Å²) in [5, 5.41) is 9.60. The van der Waals surface area contributed by atoms with Crippen molar-refractivity contribution >= 4 is 23.1 Å². The van der Waals surface area contributed by atoms with Crippen molar-refractivity contribution in [3.63, 3.8) is 0 Å². The van der Waals surface area contributed by atoms with Crippen LogP contribution in [-0.4, -0.2) is 10.2 Å². The number of hydrogen-bond acceptors (Lipinski definition) is 4. The molecule has 4 heteroatoms. The van der Waals surface area contributed by atoms with Crippen LogP contribution in [0.2, 0.25) is 0 Å². The molecule has 0 aliphatic rings. The Balaban J connectivity index is 1.96. The van der Waals surface area contributed by atoms with Gasteiger partial charge >= 0.3 is 0 Å². The number of rotatable bonds is 4. The normalized spacial score (nSPS) is 10.9. The van der Waals surface area contributed by atoms with Crippen LogP contribution in [0.5, 0.6) is 0 Å². The van der Waals surface area contributed by atoms with Crippen LogP contribution in [0.25, 0.3) is 0 Å². The summed E-state index contributed by atoms with van der Waals surface area (Å²) in [5.74, 6) is 0. The van der Waals surface area contributed by atoms with Gasteiger partial charge in [0, 0.05) is 0 Å². The second-order valence-electron chi connectivity index (χ2n) is 4.41. The molecule has 0 saturated carbocycles. The van der Waals surface area contributed by atoms with E-state index in [9.17, 15) is 0 Å². The van der Waals surface area contributed by atoms with E-state index in [1.807, 2.05) is 19.1 Å². The molecule has 0 atom stereocenters. The van der Waals surface area contributed by atoms with Crippen molar-refractivity contribution in [2.24, 2.45) is 0 Å². The van der Waals surface area contributed by atoms with Crippen LogP contribution >= 0.6 is 23.1 Å². The van der Waals surface area contributed by atoms with Gasteiger partial charge < -0.3 is 0 Å². The van der Waals surface area contributed by atoms with Crippen LogP contribution in [0, 0.1) is 6.92 Å². The Bertz CT molecular complexity index is 626. The number of benzene rings is 2. The molecule has 3 aromatic rings. The predicted octanol–water partition coefficient (Wildman–Crippen LogP) is 4.73. The lowest BCUT2D eigenvalue weighted by molar-refractivity contribution is 0.979. The third kappa shape index (κ3) is 3.08. The highest BCUT2D eigenvalue weighted by Gasteiger charge is 2.17. The zero-order valence-corrected chi connectivity index (χ0v) is 12.7. The fraction of sp³-hybridized carbons (Fsp3) is 0.125. The van der Waals surface area contributed by atoms with E-state index in [1.54, 1.807) is 23.1 Å². The quantitative estimate of drug-likeness (QED) is 0.651. The van der Waals surface area contributed by atoms with E-state index < -0.39 is 0 Å². The number of aromatic nitrogens is 2. The summed E-state index contributed by atoms with van der Waals surface area (Å²) in [6.45, 7) is 1.99. The smallest absolute Gasteiger partial charge is 0.143 e. The SMILES string of the molecule is Cc1nnc(SC(c2ccccc2)c2ccccc2)s1. The molecule has 0 radical (unpaired) electrons. The summed E-state index contributed by atoms with van der Waals surface area (Å²) in [7, 11) is 0. The van der Waals surface area contributed by atoms with Gasteiger partial charge in [-0.2, -0.15) is 0 Å². The Kier molecular flexibility index (Phi) is 4.14. The Hall–Kier alpha value is -1.65. The molecule has 100 valence electrons. The number of thioether (sulfide) groups is 1. The van der Waals surface area contributed by atoms with Gasteiger partial charge in [0.1, 0.15) is 5.01 Å². The topological polar surface area (TPSA) is 25.8 Å². The van der Waals surface area contributed by atoms with Crippen molar-refractivity contribution in [1.82, 2.24) is 10.2 Å². The first-order valence-electron chi connectivity index (χ1n) is 6.39. The third-order valence-corrected chi connectivity index (χ3v) is 5.17. The molecule has 0 N–H and O–H groups in total. The molecule has 0 fully saturated rings. The highest BCUT2D eigenvalue weighted by atomic mass is 32.2. The maximum atomic E-state index is 4.24. The highest BCUT2D eigenvalue weighted by Crippen LogP contribution is 2.41. The van der Waals surface area contributed by atoms with Crippen molar-refractivity contribution in [3.8, 4) is 0 Å². The fourth-order valence-corrected chi connectivity index (χ4v) is 4.15. The molecule has 1 aromatic heterocycles. The van der Waals surface area contributed by atoms with Crippen molar-refractivity contribution in [3.05, 3.63) is 76.8 Å². The van der Waals surface area contributed by atoms with Gasteiger partial charge in [0.25, 0.3) is 0 Å². The maximum Gasteiger partial charge on any atom is 0.175 e. The average molecular weight is 298 g/mol. The van der Waals surface area contributed by atoms with Gasteiger partial charge in [-0.25, -0.2) is 0 Å². The zero-order valence-electron chi connectivity index (χ0n) is 11.1. The van der Waals surface area contributed by atoms with E-state index in [-0.39, 0.29) is 5.25 Å². The molecular weight excluding hydrogens is 284 g/mol. The maximum absolute atomic E-state index is 4.24. The van der Waals surface area contributed by atoms with Gasteiger partial charge in [-0.3, -0.25) is 0 Å². The van der Waals surface area contributed by atoms with Crippen molar-refractivity contribution in [1.29, 1.82) is 0 Å². The van der Waals surface area contributed by atoms with Gasteiger partial charge in [-0.1, -0.05) is 83.8 Å². The largest absolute Gasteiger partial charge is 0.175 e. The summed E-state index contributed by atoms with van der Waals surface area (Å²) in [5.41, 5.74) is 2.58. The van der Waals surface area contributed by atoms with E-state index in [0.29, 0.717) is 0 Å². The first-order valence-corrected chi connectivity index (χ1v) is 8.09. The summed E-state index contributed by atoms with van der Waals surface area (Å²) >= 11 is 3.41. The molecule has 0 aliphatic carbocycles. The number of nitrogens with zero attached hydrogens (tertiary/aromatic N) is 2. The molecule has 0 amide bonds. The van der Waals surface area contributed by atoms with E-state index in [1.165, 1.54) is 11.1 Å². The number of hydrogen-bond donors (Lipinski definition) is 0. The van der Waals surface area contributed by atoms with Gasteiger partial charge in [0.2, 0.25) is 0 Å². The fourth-order valence-electron chi connectivity index (χ4n) is 2.01. The van der Waals surface area contributed by atoms with E-state index in [0.717, 1.165) is 9.35 Å². The van der Waals surface area contributed by atoms with Gasteiger partial charge in [0.15, 0.2) is 4.34 Å². The standard InChI is InChI=1S/C16H14N2S2/c1-12-17-18-16(19-12)20-15(13-8-4-2-5-9-13)14-10-6-3-7-11-14/h2-11,15H,1H3. The predicted molar refractivity (Wildman–Crippen MR) is 85.2 cm³/mol. The number of aryl methyl sites for hydroxylation is 1. The van der Waals surface area contributed by atoms with Gasteiger partial charge in [0.05, 0.1) is 5.25 Å². The van der Waals surface area contributed by atoms with Crippen LogP contribution < -0.4 is 0 Å². The van der Waals surface area contributed by atoms with Crippen LogP contribution in [0.1, 0.15) is 21.4 Å². The molecule has 3 rings (SSSR count). The monoisotopic (exact) mass is 298 g/mol. The first kappa shape index (κ1) is 13.3. The Morgan fingerprint density at radius 1 is 0.850 bits per heavy atom. The lowest BCUT2D eigenvalue weighted by Gasteiger charge is -2.15. The third-order valence-electron chi connectivity index (χ3n) is 2.93. The highest BCUT2D eigenvalue weighted by molar-refractivity contribution is 8.01. The van der Waals surface area contributed by atoms with Crippen LogP contribution in [0.3, 0.4) is 0 Å². The second kappa shape index (κ2) is 6.20. The van der Waals surface area contributed by atoms with Gasteiger partial charge in [-0.05, 0) is 18.1 Å². The molecule has 0 aliphatic heterocycles. The molecule has 2 aromatic carbocycles. The Morgan fingerprint density at radius 2 is 1.40 bits per heavy atom. The van der Waals surface area contributed by atoms with Gasteiger partial charge in [-0.15, -0.1) is 10.2 Å². The van der Waals surface area contributed by atoms with Crippen molar-refractivity contribution in [2.75, 3.05) is 0 Å². The van der Waals surface area contributed by atoms with Crippen molar-refractivity contribution < 1.29 is 0 Å². The molecule has 1 heterocycles. The molecule has 0 unspecified atom stereocenters. The first-order chi connectivity index (χ1) is 9.83. The average Bonchev–Trinajstić information content (AvgIpc) is 2.92. The molecule has 0 spiro atoms. The van der Waals surface area contributed by atoms with E-state index in [2.05, 4.69) is 58.7 Å². The minimum absolute atomic E-state index is 0.254. The minimum atomic E-state index is 0.254. The Morgan fingerprint density at radius 3 is 1.85 bits per heavy atom. The van der Waals surface area contributed by atoms with Crippen LogP contribution in [-0.2, 0) is 0 Å². The molecular formula is C16H14N2S2. The summed E-state index contributed by atoms with van der Waals surface area (Å²) < 4.78 is 1.01. The molecule has 0 bridgehead atoms. The molecule has 2 nitrogen and oxygen atoms in total. The van der Waals surface area contributed by atoms with Crippen molar-refractivity contribution in [2.45, 2.75) is 16.5 Å². The second-order valence-corrected chi connectivity index (χ2v) is 6.94.